The van der Waals surface area contributed by atoms with Crippen LogP contribution in [0.5, 0.6) is 0 Å². The lowest BCUT2D eigenvalue weighted by atomic mass is 10.0. The first-order valence-corrected chi connectivity index (χ1v) is 7.38. The lowest BCUT2D eigenvalue weighted by molar-refractivity contribution is 1.68. The molecule has 1 aromatic heterocycles. The van der Waals surface area contributed by atoms with Crippen molar-refractivity contribution < 1.29 is 0 Å². The Hall–Kier alpha value is -1.27. The van der Waals surface area contributed by atoms with E-state index in [0.29, 0.717) is 0 Å². The monoisotopic (exact) mass is 362 g/mol. The molecular formula is C14H7IN2S. The molecule has 4 rings (SSSR count). The van der Waals surface area contributed by atoms with Crippen LogP contribution in [0.25, 0.3) is 32.6 Å². The second-order valence-corrected chi connectivity index (χ2v) is 5.97. The van der Waals surface area contributed by atoms with Crippen LogP contribution in [-0.2, 0) is 0 Å². The Labute approximate surface area is 121 Å². The summed E-state index contributed by atoms with van der Waals surface area (Å²) in [6.07, 6.45) is 0. The maximum Gasteiger partial charge on any atom is 0.113 e. The average Bonchev–Trinajstić information content (AvgIpc) is 2.88. The molecule has 0 aliphatic rings. The molecule has 0 aliphatic carbocycles. The summed E-state index contributed by atoms with van der Waals surface area (Å²) in [6.45, 7) is 0. The molecule has 0 bridgehead atoms. The van der Waals surface area contributed by atoms with E-state index in [1.807, 2.05) is 0 Å². The molecule has 0 radical (unpaired) electrons. The van der Waals surface area contributed by atoms with E-state index in [9.17, 15) is 0 Å². The molecule has 0 aliphatic heterocycles. The summed E-state index contributed by atoms with van der Waals surface area (Å²) in [4.78, 5) is 0. The standard InChI is InChI=1S/C14H7IN2S/c15-8-5-6-10-9-3-1-2-4-11(9)13-14(12(10)7-8)17-18-16-13/h1-7H. The Morgan fingerprint density at radius 3 is 2.28 bits per heavy atom. The fraction of sp³-hybridized carbons (Fsp3) is 0. The molecule has 0 saturated heterocycles. The van der Waals surface area contributed by atoms with Gasteiger partial charge in [-0.15, -0.1) is 0 Å². The van der Waals surface area contributed by atoms with Gasteiger partial charge in [0, 0.05) is 14.3 Å². The molecule has 0 saturated carbocycles. The topological polar surface area (TPSA) is 25.8 Å². The van der Waals surface area contributed by atoms with Gasteiger partial charge in [-0.3, -0.25) is 0 Å². The number of hydrogen-bond acceptors (Lipinski definition) is 3. The van der Waals surface area contributed by atoms with Crippen LogP contribution < -0.4 is 0 Å². The second-order valence-electron chi connectivity index (χ2n) is 4.20. The lowest BCUT2D eigenvalue weighted by Crippen LogP contribution is -1.83. The highest BCUT2D eigenvalue weighted by Gasteiger charge is 2.11. The van der Waals surface area contributed by atoms with Gasteiger partial charge in [0.25, 0.3) is 0 Å². The summed E-state index contributed by atoms with van der Waals surface area (Å²) in [5, 5.41) is 4.90. The van der Waals surface area contributed by atoms with E-state index in [4.69, 9.17) is 0 Å². The number of hydrogen-bond donors (Lipinski definition) is 0. The first-order valence-electron chi connectivity index (χ1n) is 5.57. The summed E-state index contributed by atoms with van der Waals surface area (Å²) in [5.41, 5.74) is 2.04. The highest BCUT2D eigenvalue weighted by Crippen LogP contribution is 2.34. The molecule has 0 amide bonds. The largest absolute Gasteiger partial charge is 0.172 e. The number of nitrogens with zero attached hydrogens (tertiary/aromatic N) is 2. The van der Waals surface area contributed by atoms with Gasteiger partial charge in [0.2, 0.25) is 0 Å². The molecule has 0 fully saturated rings. The zero-order chi connectivity index (χ0) is 12.1. The van der Waals surface area contributed by atoms with Crippen molar-refractivity contribution in [1.82, 2.24) is 8.75 Å². The zero-order valence-corrected chi connectivity index (χ0v) is 12.2. The van der Waals surface area contributed by atoms with Gasteiger partial charge in [-0.1, -0.05) is 30.3 Å². The van der Waals surface area contributed by atoms with Crippen LogP contribution >= 0.6 is 34.3 Å². The minimum Gasteiger partial charge on any atom is -0.172 e. The molecule has 1 heterocycles. The molecule has 4 heteroatoms. The Bertz CT molecular complexity index is 898. The van der Waals surface area contributed by atoms with Crippen molar-refractivity contribution in [2.24, 2.45) is 0 Å². The van der Waals surface area contributed by atoms with Crippen molar-refractivity contribution in [3.05, 3.63) is 46.0 Å². The summed E-state index contributed by atoms with van der Waals surface area (Å²) < 4.78 is 10.1. The average molecular weight is 362 g/mol. The van der Waals surface area contributed by atoms with E-state index in [1.54, 1.807) is 0 Å². The third-order valence-electron chi connectivity index (χ3n) is 3.20. The van der Waals surface area contributed by atoms with E-state index < -0.39 is 0 Å². The van der Waals surface area contributed by atoms with Crippen molar-refractivity contribution in [2.45, 2.75) is 0 Å². The van der Waals surface area contributed by atoms with Crippen LogP contribution in [-0.4, -0.2) is 8.75 Å². The predicted molar refractivity (Wildman–Crippen MR) is 85.1 cm³/mol. The molecule has 18 heavy (non-hydrogen) atoms. The van der Waals surface area contributed by atoms with Gasteiger partial charge in [0.05, 0.1) is 11.7 Å². The van der Waals surface area contributed by atoms with E-state index in [-0.39, 0.29) is 0 Å². The van der Waals surface area contributed by atoms with Gasteiger partial charge >= 0.3 is 0 Å². The number of aromatic nitrogens is 2. The third kappa shape index (κ3) is 1.39. The van der Waals surface area contributed by atoms with Gasteiger partial charge in [-0.25, -0.2) is 0 Å². The van der Waals surface area contributed by atoms with Crippen LogP contribution in [0.4, 0.5) is 0 Å². The highest BCUT2D eigenvalue weighted by atomic mass is 127. The van der Waals surface area contributed by atoms with Gasteiger partial charge in [0.15, 0.2) is 0 Å². The van der Waals surface area contributed by atoms with Crippen molar-refractivity contribution >= 4 is 66.9 Å². The molecule has 4 aromatic rings. The van der Waals surface area contributed by atoms with E-state index in [1.165, 1.54) is 36.8 Å². The zero-order valence-electron chi connectivity index (χ0n) is 9.22. The number of halogens is 1. The fourth-order valence-corrected chi connectivity index (χ4v) is 3.48. The number of benzene rings is 3. The van der Waals surface area contributed by atoms with Gasteiger partial charge in [-0.05, 0) is 45.5 Å². The van der Waals surface area contributed by atoms with Gasteiger partial charge < -0.3 is 0 Å². The summed E-state index contributed by atoms with van der Waals surface area (Å²) in [5.74, 6) is 0. The highest BCUT2D eigenvalue weighted by molar-refractivity contribution is 14.1. The maximum absolute atomic E-state index is 4.47. The number of rotatable bonds is 0. The van der Waals surface area contributed by atoms with Crippen LogP contribution in [0.3, 0.4) is 0 Å². The van der Waals surface area contributed by atoms with E-state index in [0.717, 1.165) is 11.0 Å². The third-order valence-corrected chi connectivity index (χ3v) is 4.40. The van der Waals surface area contributed by atoms with Crippen molar-refractivity contribution in [1.29, 1.82) is 0 Å². The Kier molecular flexibility index (Phi) is 2.28. The molecule has 0 atom stereocenters. The Balaban J connectivity index is 2.44. The van der Waals surface area contributed by atoms with Crippen LogP contribution in [0.2, 0.25) is 0 Å². The minimum absolute atomic E-state index is 1.02. The smallest absolute Gasteiger partial charge is 0.113 e. The summed E-state index contributed by atoms with van der Waals surface area (Å²) in [6, 6.07) is 14.9. The van der Waals surface area contributed by atoms with Gasteiger partial charge in [0.1, 0.15) is 11.0 Å². The molecule has 2 nitrogen and oxygen atoms in total. The predicted octanol–water partition coefficient (Wildman–Crippen LogP) is 4.60. The first-order chi connectivity index (χ1) is 8.84. The van der Waals surface area contributed by atoms with Gasteiger partial charge in [-0.2, -0.15) is 8.75 Å². The SMILES string of the molecule is Ic1ccc2c3ccccc3c3nsnc3c2c1. The van der Waals surface area contributed by atoms with Crippen LogP contribution in [0, 0.1) is 3.57 Å². The number of fused-ring (bicyclic) bond motifs is 6. The Morgan fingerprint density at radius 1 is 0.778 bits per heavy atom. The minimum atomic E-state index is 1.02. The molecule has 3 aromatic carbocycles. The summed E-state index contributed by atoms with van der Waals surface area (Å²) in [7, 11) is 0. The maximum atomic E-state index is 4.47. The second kappa shape index (κ2) is 3.86. The fourth-order valence-electron chi connectivity index (χ4n) is 2.41. The lowest BCUT2D eigenvalue weighted by Gasteiger charge is -2.05. The van der Waals surface area contributed by atoms with E-state index in [2.05, 4.69) is 73.8 Å². The molecule has 86 valence electrons. The molecule has 0 unspecified atom stereocenters. The van der Waals surface area contributed by atoms with Crippen LogP contribution in [0.15, 0.2) is 42.5 Å². The first kappa shape index (κ1) is 10.6. The normalized spacial score (nSPS) is 11.6. The quantitative estimate of drug-likeness (QED) is 0.337. The van der Waals surface area contributed by atoms with Crippen molar-refractivity contribution in [2.75, 3.05) is 0 Å². The molecule has 0 spiro atoms. The van der Waals surface area contributed by atoms with Crippen LogP contribution in [0.1, 0.15) is 0 Å². The molecular weight excluding hydrogens is 355 g/mol. The van der Waals surface area contributed by atoms with Crippen molar-refractivity contribution in [3.63, 3.8) is 0 Å². The molecule has 0 N–H and O–H groups in total. The summed E-state index contributed by atoms with van der Waals surface area (Å²) >= 11 is 3.62. The van der Waals surface area contributed by atoms with E-state index >= 15 is 0 Å². The Morgan fingerprint density at radius 2 is 1.44 bits per heavy atom. The van der Waals surface area contributed by atoms with Crippen molar-refractivity contribution in [3.8, 4) is 0 Å².